The monoisotopic (exact) mass is 223 g/mol. The molecule has 1 aromatic rings. The van der Waals surface area contributed by atoms with E-state index in [0.29, 0.717) is 6.54 Å². The van der Waals surface area contributed by atoms with Crippen LogP contribution in [0.4, 0.5) is 0 Å². The Morgan fingerprint density at radius 2 is 2.19 bits per heavy atom. The highest BCUT2D eigenvalue weighted by atomic mass is 16.4. The van der Waals surface area contributed by atoms with Gasteiger partial charge in [0.15, 0.2) is 0 Å². The first-order chi connectivity index (χ1) is 7.48. The molecule has 16 heavy (non-hydrogen) atoms. The van der Waals surface area contributed by atoms with E-state index in [4.69, 9.17) is 10.2 Å². The fourth-order valence-electron chi connectivity index (χ4n) is 1.32. The van der Waals surface area contributed by atoms with Crippen LogP contribution in [-0.4, -0.2) is 28.3 Å². The summed E-state index contributed by atoms with van der Waals surface area (Å²) in [6, 6.07) is 7.79. The molecule has 1 atom stereocenters. The van der Waals surface area contributed by atoms with E-state index in [1.54, 1.807) is 0 Å². The number of benzene rings is 1. The lowest BCUT2D eigenvalue weighted by molar-refractivity contribution is -0.145. The van der Waals surface area contributed by atoms with Crippen LogP contribution in [0.1, 0.15) is 18.1 Å². The second-order valence-corrected chi connectivity index (χ2v) is 4.14. The van der Waals surface area contributed by atoms with Gasteiger partial charge in [0, 0.05) is 6.54 Å². The van der Waals surface area contributed by atoms with Crippen molar-refractivity contribution in [1.82, 2.24) is 5.32 Å². The predicted octanol–water partition coefficient (Wildman–Crippen LogP) is 0.920. The van der Waals surface area contributed by atoms with Crippen LogP contribution in [0, 0.1) is 6.92 Å². The Morgan fingerprint density at radius 3 is 2.69 bits per heavy atom. The first-order valence-electron chi connectivity index (χ1n) is 5.13. The summed E-state index contributed by atoms with van der Waals surface area (Å²) in [7, 11) is 0. The minimum atomic E-state index is -1.29. The normalized spacial score (nSPS) is 14.4. The van der Waals surface area contributed by atoms with E-state index in [1.165, 1.54) is 6.92 Å². The zero-order valence-corrected chi connectivity index (χ0v) is 9.53. The van der Waals surface area contributed by atoms with Crippen LogP contribution in [-0.2, 0) is 11.3 Å². The molecule has 0 heterocycles. The Kier molecular flexibility index (Phi) is 4.04. The number of aliphatic hydroxyl groups is 1. The third-order valence-corrected chi connectivity index (χ3v) is 2.55. The number of aliphatic carboxylic acids is 1. The number of nitrogens with one attached hydrogen (secondary N) is 1. The fraction of sp³-hybridized carbons (Fsp3) is 0.417. The van der Waals surface area contributed by atoms with Crippen LogP contribution >= 0.6 is 0 Å². The van der Waals surface area contributed by atoms with Gasteiger partial charge in [-0.3, -0.25) is 10.1 Å². The van der Waals surface area contributed by atoms with Crippen LogP contribution < -0.4 is 5.32 Å². The summed E-state index contributed by atoms with van der Waals surface area (Å²) in [6.45, 7) is 3.43. The van der Waals surface area contributed by atoms with E-state index in [2.05, 4.69) is 5.32 Å². The lowest BCUT2D eigenvalue weighted by Gasteiger charge is -2.23. The van der Waals surface area contributed by atoms with Crippen molar-refractivity contribution in [2.45, 2.75) is 25.9 Å². The summed E-state index contributed by atoms with van der Waals surface area (Å²) in [5.74, 6) is -1.05. The summed E-state index contributed by atoms with van der Waals surface area (Å²) >= 11 is 0. The largest absolute Gasteiger partial charge is 0.480 e. The van der Waals surface area contributed by atoms with E-state index in [9.17, 15) is 4.79 Å². The van der Waals surface area contributed by atoms with Crippen molar-refractivity contribution in [3.05, 3.63) is 35.4 Å². The molecule has 0 radical (unpaired) electrons. The quantitative estimate of drug-likeness (QED) is 0.694. The Bertz CT molecular complexity index is 378. The second-order valence-electron chi connectivity index (χ2n) is 4.14. The van der Waals surface area contributed by atoms with Gasteiger partial charge in [0.1, 0.15) is 5.54 Å². The van der Waals surface area contributed by atoms with E-state index < -0.39 is 18.1 Å². The van der Waals surface area contributed by atoms with Gasteiger partial charge in [-0.1, -0.05) is 29.8 Å². The molecule has 0 aliphatic carbocycles. The number of hydrogen-bond acceptors (Lipinski definition) is 3. The molecular weight excluding hydrogens is 206 g/mol. The fourth-order valence-corrected chi connectivity index (χ4v) is 1.32. The second kappa shape index (κ2) is 5.09. The number of carboxylic acid groups (broad SMARTS) is 1. The Labute approximate surface area is 94.9 Å². The highest BCUT2D eigenvalue weighted by Crippen LogP contribution is 2.08. The van der Waals surface area contributed by atoms with Crippen LogP contribution in [0.15, 0.2) is 24.3 Å². The van der Waals surface area contributed by atoms with E-state index in [-0.39, 0.29) is 0 Å². The van der Waals surface area contributed by atoms with Gasteiger partial charge < -0.3 is 10.2 Å². The van der Waals surface area contributed by atoms with Crippen molar-refractivity contribution < 1.29 is 15.0 Å². The highest BCUT2D eigenvalue weighted by Gasteiger charge is 2.31. The molecule has 0 saturated heterocycles. The predicted molar refractivity (Wildman–Crippen MR) is 61.1 cm³/mol. The molecule has 0 saturated carbocycles. The van der Waals surface area contributed by atoms with Gasteiger partial charge in [0.05, 0.1) is 6.61 Å². The number of hydrogen-bond donors (Lipinski definition) is 3. The molecule has 0 aliphatic heterocycles. The van der Waals surface area contributed by atoms with Gasteiger partial charge in [-0.05, 0) is 19.4 Å². The molecule has 1 rings (SSSR count). The average molecular weight is 223 g/mol. The minimum absolute atomic E-state index is 0.422. The van der Waals surface area contributed by atoms with Crippen molar-refractivity contribution in [3.8, 4) is 0 Å². The molecule has 0 aromatic heterocycles. The maximum Gasteiger partial charge on any atom is 0.326 e. The minimum Gasteiger partial charge on any atom is -0.480 e. The molecule has 0 aliphatic rings. The van der Waals surface area contributed by atoms with Crippen molar-refractivity contribution in [2.75, 3.05) is 6.61 Å². The van der Waals surface area contributed by atoms with E-state index in [1.807, 2.05) is 31.2 Å². The number of carboxylic acids is 1. The van der Waals surface area contributed by atoms with Gasteiger partial charge in [0.2, 0.25) is 0 Å². The smallest absolute Gasteiger partial charge is 0.326 e. The molecule has 3 N–H and O–H groups in total. The Balaban J connectivity index is 2.66. The lowest BCUT2D eigenvalue weighted by atomic mass is 10.0. The van der Waals surface area contributed by atoms with Crippen LogP contribution in [0.2, 0.25) is 0 Å². The molecule has 0 fully saturated rings. The maximum absolute atomic E-state index is 10.9. The van der Waals surface area contributed by atoms with Crippen LogP contribution in [0.3, 0.4) is 0 Å². The van der Waals surface area contributed by atoms with Crippen LogP contribution in [0.5, 0.6) is 0 Å². The molecule has 0 spiro atoms. The van der Waals surface area contributed by atoms with Crippen molar-refractivity contribution in [1.29, 1.82) is 0 Å². The molecule has 88 valence electrons. The summed E-state index contributed by atoms with van der Waals surface area (Å²) in [6.07, 6.45) is 0. The summed E-state index contributed by atoms with van der Waals surface area (Å²) in [4.78, 5) is 10.9. The Morgan fingerprint density at radius 1 is 1.50 bits per heavy atom. The highest BCUT2D eigenvalue weighted by molar-refractivity contribution is 5.78. The molecular formula is C12H17NO3. The Hall–Kier alpha value is -1.39. The van der Waals surface area contributed by atoms with Crippen molar-refractivity contribution >= 4 is 5.97 Å². The zero-order valence-electron chi connectivity index (χ0n) is 9.53. The van der Waals surface area contributed by atoms with Gasteiger partial charge in [0.25, 0.3) is 0 Å². The van der Waals surface area contributed by atoms with Crippen molar-refractivity contribution in [2.24, 2.45) is 0 Å². The average Bonchev–Trinajstić information content (AvgIpc) is 2.26. The standard InChI is InChI=1S/C12H17NO3/c1-9-4-3-5-10(6-9)7-13-12(2,8-14)11(15)16/h3-6,13-14H,7-8H2,1-2H3,(H,15,16)/t12-/m0/s1. The molecule has 0 amide bonds. The number of aliphatic hydroxyl groups excluding tert-OH is 1. The lowest BCUT2D eigenvalue weighted by Crippen LogP contribution is -2.52. The van der Waals surface area contributed by atoms with E-state index in [0.717, 1.165) is 11.1 Å². The topological polar surface area (TPSA) is 69.6 Å². The molecule has 1 aromatic carbocycles. The zero-order chi connectivity index (χ0) is 12.2. The molecule has 4 nitrogen and oxygen atoms in total. The summed E-state index contributed by atoms with van der Waals surface area (Å²) < 4.78 is 0. The SMILES string of the molecule is Cc1cccc(CN[C@@](C)(CO)C(=O)O)c1. The maximum atomic E-state index is 10.9. The number of carbonyl (C=O) groups is 1. The third-order valence-electron chi connectivity index (χ3n) is 2.55. The van der Waals surface area contributed by atoms with Crippen LogP contribution in [0.25, 0.3) is 0 Å². The van der Waals surface area contributed by atoms with Gasteiger partial charge in [-0.15, -0.1) is 0 Å². The summed E-state index contributed by atoms with van der Waals surface area (Å²) in [5.41, 5.74) is 0.838. The first kappa shape index (κ1) is 12.7. The van der Waals surface area contributed by atoms with E-state index >= 15 is 0 Å². The number of aryl methyl sites for hydroxylation is 1. The first-order valence-corrected chi connectivity index (χ1v) is 5.13. The molecule has 0 bridgehead atoms. The van der Waals surface area contributed by atoms with Gasteiger partial charge in [-0.2, -0.15) is 0 Å². The van der Waals surface area contributed by atoms with Gasteiger partial charge in [-0.25, -0.2) is 0 Å². The van der Waals surface area contributed by atoms with Gasteiger partial charge >= 0.3 is 5.97 Å². The van der Waals surface area contributed by atoms with Crippen molar-refractivity contribution in [3.63, 3.8) is 0 Å². The molecule has 4 heteroatoms. The summed E-state index contributed by atoms with van der Waals surface area (Å²) in [5, 5.41) is 20.8. The number of rotatable bonds is 5. The third kappa shape index (κ3) is 3.05. The molecule has 0 unspecified atom stereocenters.